The van der Waals surface area contributed by atoms with Crippen molar-refractivity contribution in [2.45, 2.75) is 45.2 Å². The van der Waals surface area contributed by atoms with Crippen LogP contribution in [0.15, 0.2) is 36.5 Å². The second-order valence-electron chi connectivity index (χ2n) is 7.17. The van der Waals surface area contributed by atoms with Gasteiger partial charge in [0.15, 0.2) is 0 Å². The van der Waals surface area contributed by atoms with Crippen LogP contribution in [-0.4, -0.2) is 53.4 Å². The molecule has 1 aliphatic rings. The van der Waals surface area contributed by atoms with Gasteiger partial charge in [-0.3, -0.25) is 9.48 Å². The van der Waals surface area contributed by atoms with Gasteiger partial charge in [0.1, 0.15) is 11.4 Å². The van der Waals surface area contributed by atoms with E-state index in [4.69, 9.17) is 4.74 Å². The molecule has 1 aliphatic heterocycles. The molecule has 146 valence electrons. The normalized spacial score (nSPS) is 18.1. The Balaban J connectivity index is 1.66. The highest BCUT2D eigenvalue weighted by atomic mass is 16.5. The topological polar surface area (TPSA) is 59.4 Å². The smallest absolute Gasteiger partial charge is 0.274 e. The van der Waals surface area contributed by atoms with E-state index in [1.54, 1.807) is 7.11 Å². The van der Waals surface area contributed by atoms with Gasteiger partial charge < -0.3 is 15.0 Å². The Morgan fingerprint density at radius 2 is 2.15 bits per heavy atom. The van der Waals surface area contributed by atoms with Gasteiger partial charge in [-0.2, -0.15) is 5.10 Å². The Morgan fingerprint density at radius 3 is 2.78 bits per heavy atom. The van der Waals surface area contributed by atoms with Gasteiger partial charge in [-0.25, -0.2) is 0 Å². The third-order valence-electron chi connectivity index (χ3n) is 5.30. The second kappa shape index (κ2) is 9.04. The zero-order valence-corrected chi connectivity index (χ0v) is 16.5. The first-order valence-electron chi connectivity index (χ1n) is 9.82. The Morgan fingerprint density at radius 1 is 1.37 bits per heavy atom. The quantitative estimate of drug-likeness (QED) is 0.814. The van der Waals surface area contributed by atoms with Crippen molar-refractivity contribution in [2.75, 3.05) is 26.7 Å². The maximum Gasteiger partial charge on any atom is 0.274 e. The SMILES string of the molecule is CCN(C(=O)c1ccn(C2CCCNC2)n1)C(C)Cc1ccc(OC)cc1. The first kappa shape index (κ1) is 19.4. The van der Waals surface area contributed by atoms with Crippen molar-refractivity contribution in [3.05, 3.63) is 47.8 Å². The van der Waals surface area contributed by atoms with Crippen molar-refractivity contribution < 1.29 is 9.53 Å². The molecule has 1 saturated heterocycles. The van der Waals surface area contributed by atoms with E-state index in [1.165, 1.54) is 5.56 Å². The van der Waals surface area contributed by atoms with Crippen LogP contribution in [0.4, 0.5) is 0 Å². The van der Waals surface area contributed by atoms with E-state index in [-0.39, 0.29) is 11.9 Å². The lowest BCUT2D eigenvalue weighted by Crippen LogP contribution is -2.40. The molecule has 6 nitrogen and oxygen atoms in total. The highest BCUT2D eigenvalue weighted by molar-refractivity contribution is 5.92. The summed E-state index contributed by atoms with van der Waals surface area (Å²) < 4.78 is 7.16. The minimum absolute atomic E-state index is 0.000954. The number of carbonyl (C=O) groups excluding carboxylic acids is 1. The first-order valence-corrected chi connectivity index (χ1v) is 9.82. The summed E-state index contributed by atoms with van der Waals surface area (Å²) in [4.78, 5) is 14.9. The summed E-state index contributed by atoms with van der Waals surface area (Å²) in [6.45, 7) is 6.75. The largest absolute Gasteiger partial charge is 0.497 e. The lowest BCUT2D eigenvalue weighted by molar-refractivity contribution is 0.0696. The molecule has 1 fully saturated rings. The predicted octanol–water partition coefficient (Wildman–Crippen LogP) is 2.91. The van der Waals surface area contributed by atoms with Crippen LogP contribution >= 0.6 is 0 Å². The molecule has 1 amide bonds. The van der Waals surface area contributed by atoms with E-state index in [0.29, 0.717) is 18.3 Å². The van der Waals surface area contributed by atoms with E-state index < -0.39 is 0 Å². The van der Waals surface area contributed by atoms with Crippen molar-refractivity contribution in [1.29, 1.82) is 0 Å². The van der Waals surface area contributed by atoms with Crippen LogP contribution in [-0.2, 0) is 6.42 Å². The Bertz CT molecular complexity index is 735. The molecule has 0 bridgehead atoms. The zero-order chi connectivity index (χ0) is 19.2. The number of nitrogens with one attached hydrogen (secondary N) is 1. The number of piperidine rings is 1. The number of benzene rings is 1. The standard InChI is InChI=1S/C21H30N4O2/c1-4-24(16(2)14-17-7-9-19(27-3)10-8-17)21(26)20-11-13-25(23-20)18-6-5-12-22-15-18/h7-11,13,16,18,22H,4-6,12,14-15H2,1-3H3. The Hall–Kier alpha value is -2.34. The second-order valence-corrected chi connectivity index (χ2v) is 7.17. The van der Waals surface area contributed by atoms with E-state index >= 15 is 0 Å². The fourth-order valence-corrected chi connectivity index (χ4v) is 3.73. The summed E-state index contributed by atoms with van der Waals surface area (Å²) >= 11 is 0. The molecule has 1 N–H and O–H groups in total. The van der Waals surface area contributed by atoms with E-state index in [0.717, 1.165) is 38.1 Å². The van der Waals surface area contributed by atoms with Gasteiger partial charge in [-0.05, 0) is 63.4 Å². The molecule has 6 heteroatoms. The monoisotopic (exact) mass is 370 g/mol. The fourth-order valence-electron chi connectivity index (χ4n) is 3.73. The molecule has 27 heavy (non-hydrogen) atoms. The van der Waals surface area contributed by atoms with Crippen LogP contribution in [0.5, 0.6) is 5.75 Å². The Labute approximate surface area is 161 Å². The van der Waals surface area contributed by atoms with Crippen molar-refractivity contribution in [3.8, 4) is 5.75 Å². The van der Waals surface area contributed by atoms with Crippen molar-refractivity contribution >= 4 is 5.91 Å². The van der Waals surface area contributed by atoms with Crippen LogP contribution in [0.2, 0.25) is 0 Å². The number of carbonyl (C=O) groups is 1. The van der Waals surface area contributed by atoms with Crippen molar-refractivity contribution in [2.24, 2.45) is 0 Å². The number of ether oxygens (including phenoxy) is 1. The number of methoxy groups -OCH3 is 1. The molecule has 0 saturated carbocycles. The molecular weight excluding hydrogens is 340 g/mol. The molecular formula is C21H30N4O2. The number of amides is 1. The summed E-state index contributed by atoms with van der Waals surface area (Å²) in [5.74, 6) is 0.846. The summed E-state index contributed by atoms with van der Waals surface area (Å²) in [5.41, 5.74) is 1.72. The predicted molar refractivity (Wildman–Crippen MR) is 106 cm³/mol. The molecule has 2 aromatic rings. The lowest BCUT2D eigenvalue weighted by atomic mass is 10.1. The average molecular weight is 370 g/mol. The van der Waals surface area contributed by atoms with E-state index in [9.17, 15) is 4.79 Å². The van der Waals surface area contributed by atoms with Gasteiger partial charge in [-0.1, -0.05) is 12.1 Å². The maximum absolute atomic E-state index is 13.0. The molecule has 2 heterocycles. The third kappa shape index (κ3) is 4.69. The third-order valence-corrected chi connectivity index (χ3v) is 5.30. The number of likely N-dealkylation sites (N-methyl/N-ethyl adjacent to an activating group) is 1. The average Bonchev–Trinajstić information content (AvgIpc) is 3.20. The Kier molecular flexibility index (Phi) is 6.50. The molecule has 0 aliphatic carbocycles. The van der Waals surface area contributed by atoms with E-state index in [1.807, 2.05) is 40.9 Å². The van der Waals surface area contributed by atoms with Gasteiger partial charge in [0.2, 0.25) is 0 Å². The number of nitrogens with zero attached hydrogens (tertiary/aromatic N) is 3. The number of hydrogen-bond donors (Lipinski definition) is 1. The van der Waals surface area contributed by atoms with Crippen LogP contribution < -0.4 is 10.1 Å². The van der Waals surface area contributed by atoms with Crippen LogP contribution in [0.3, 0.4) is 0 Å². The van der Waals surface area contributed by atoms with Crippen molar-refractivity contribution in [1.82, 2.24) is 20.0 Å². The summed E-state index contributed by atoms with van der Waals surface area (Å²) in [7, 11) is 1.66. The number of aromatic nitrogens is 2. The summed E-state index contributed by atoms with van der Waals surface area (Å²) in [6, 6.07) is 10.3. The van der Waals surface area contributed by atoms with E-state index in [2.05, 4.69) is 29.5 Å². The molecule has 2 atom stereocenters. The summed E-state index contributed by atoms with van der Waals surface area (Å²) in [6.07, 6.45) is 4.99. The van der Waals surface area contributed by atoms with Gasteiger partial charge in [0.05, 0.1) is 13.2 Å². The maximum atomic E-state index is 13.0. The zero-order valence-electron chi connectivity index (χ0n) is 16.5. The van der Waals surface area contributed by atoms with Gasteiger partial charge in [0, 0.05) is 25.3 Å². The highest BCUT2D eigenvalue weighted by Gasteiger charge is 2.24. The lowest BCUT2D eigenvalue weighted by Gasteiger charge is -2.28. The molecule has 1 aromatic heterocycles. The molecule has 0 radical (unpaired) electrons. The highest BCUT2D eigenvalue weighted by Crippen LogP contribution is 2.18. The van der Waals surface area contributed by atoms with Gasteiger partial charge in [-0.15, -0.1) is 0 Å². The first-order chi connectivity index (χ1) is 13.1. The van der Waals surface area contributed by atoms with Gasteiger partial charge in [0.25, 0.3) is 5.91 Å². The van der Waals surface area contributed by atoms with Crippen LogP contribution in [0.25, 0.3) is 0 Å². The molecule has 2 unspecified atom stereocenters. The number of rotatable bonds is 7. The minimum Gasteiger partial charge on any atom is -0.497 e. The van der Waals surface area contributed by atoms with Crippen LogP contribution in [0, 0.1) is 0 Å². The molecule has 1 aromatic carbocycles. The molecule has 0 spiro atoms. The molecule has 3 rings (SSSR count). The van der Waals surface area contributed by atoms with Crippen molar-refractivity contribution in [3.63, 3.8) is 0 Å². The van der Waals surface area contributed by atoms with Gasteiger partial charge >= 0.3 is 0 Å². The minimum atomic E-state index is 0.000954. The number of hydrogen-bond acceptors (Lipinski definition) is 4. The fraction of sp³-hybridized carbons (Fsp3) is 0.524. The van der Waals surface area contributed by atoms with Crippen LogP contribution in [0.1, 0.15) is 48.8 Å². The summed E-state index contributed by atoms with van der Waals surface area (Å²) in [5, 5.41) is 7.98.